The van der Waals surface area contributed by atoms with Crippen molar-refractivity contribution in [3.8, 4) is 0 Å². The molecule has 0 aliphatic carbocycles. The molecular formula is C12H11F3N2S. The highest BCUT2D eigenvalue weighted by molar-refractivity contribution is 7.11. The molecular weight excluding hydrogens is 261 g/mol. The summed E-state index contributed by atoms with van der Waals surface area (Å²) in [4.78, 5) is 5.31. The average molecular weight is 272 g/mol. The maximum absolute atomic E-state index is 13.3. The predicted molar refractivity (Wildman–Crippen MR) is 65.2 cm³/mol. The molecule has 18 heavy (non-hydrogen) atoms. The summed E-state index contributed by atoms with van der Waals surface area (Å²) in [6.45, 7) is 4.04. The Bertz CT molecular complexity index is 561. The maximum Gasteiger partial charge on any atom is 0.182 e. The van der Waals surface area contributed by atoms with Crippen LogP contribution in [0.5, 0.6) is 0 Å². The van der Waals surface area contributed by atoms with Crippen molar-refractivity contribution >= 4 is 17.0 Å². The molecule has 0 unspecified atom stereocenters. The highest BCUT2D eigenvalue weighted by Crippen LogP contribution is 2.21. The third-order valence-corrected chi connectivity index (χ3v) is 3.57. The van der Waals surface area contributed by atoms with Gasteiger partial charge in [-0.2, -0.15) is 0 Å². The van der Waals surface area contributed by atoms with Crippen LogP contribution < -0.4 is 5.32 Å². The van der Waals surface area contributed by atoms with Crippen molar-refractivity contribution in [3.63, 3.8) is 0 Å². The number of rotatable bonds is 3. The number of hydrogen-bond acceptors (Lipinski definition) is 3. The number of halogens is 3. The van der Waals surface area contributed by atoms with Crippen LogP contribution in [-0.2, 0) is 6.54 Å². The number of hydrogen-bond donors (Lipinski definition) is 1. The lowest BCUT2D eigenvalue weighted by Crippen LogP contribution is -2.03. The fourth-order valence-electron chi connectivity index (χ4n) is 1.47. The minimum atomic E-state index is -1.20. The maximum atomic E-state index is 13.3. The predicted octanol–water partition coefficient (Wildman–Crippen LogP) is 3.79. The molecule has 6 heteroatoms. The first-order chi connectivity index (χ1) is 8.47. The highest BCUT2D eigenvalue weighted by Gasteiger charge is 2.11. The summed E-state index contributed by atoms with van der Waals surface area (Å²) >= 11 is 1.46. The first-order valence-corrected chi connectivity index (χ1v) is 6.10. The second-order valence-corrected chi connectivity index (χ2v) is 5.14. The van der Waals surface area contributed by atoms with Crippen LogP contribution in [0.25, 0.3) is 0 Å². The summed E-state index contributed by atoms with van der Waals surface area (Å²) in [5, 5.41) is 3.39. The van der Waals surface area contributed by atoms with Gasteiger partial charge in [-0.1, -0.05) is 0 Å². The summed E-state index contributed by atoms with van der Waals surface area (Å²) in [6.07, 6.45) is 0. The van der Waals surface area contributed by atoms with Crippen LogP contribution in [0.2, 0.25) is 0 Å². The van der Waals surface area contributed by atoms with Crippen LogP contribution in [0.4, 0.5) is 18.9 Å². The summed E-state index contributed by atoms with van der Waals surface area (Å²) in [7, 11) is 0. The van der Waals surface area contributed by atoms with Crippen molar-refractivity contribution in [1.29, 1.82) is 0 Å². The Hall–Kier alpha value is -1.56. The van der Waals surface area contributed by atoms with E-state index in [1.165, 1.54) is 11.3 Å². The van der Waals surface area contributed by atoms with Crippen LogP contribution in [0.3, 0.4) is 0 Å². The smallest absolute Gasteiger partial charge is 0.182 e. The Morgan fingerprint density at radius 1 is 1.22 bits per heavy atom. The Balaban J connectivity index is 2.15. The Labute approximate surface area is 106 Å². The van der Waals surface area contributed by atoms with Crippen molar-refractivity contribution in [2.45, 2.75) is 20.4 Å². The van der Waals surface area contributed by atoms with Gasteiger partial charge in [-0.25, -0.2) is 18.2 Å². The summed E-state index contributed by atoms with van der Waals surface area (Å²) in [5.41, 5.74) is 0.709. The van der Waals surface area contributed by atoms with Crippen LogP contribution in [-0.4, -0.2) is 4.98 Å². The first-order valence-electron chi connectivity index (χ1n) is 5.28. The lowest BCUT2D eigenvalue weighted by molar-refractivity contribution is 0.497. The standard InChI is InChI=1S/C12H11F3N2S/c1-6-7(2)18-11(17-6)5-16-10-4-8(13)3-9(14)12(10)15/h3-4,16H,5H2,1-2H3. The van der Waals surface area contributed by atoms with Gasteiger partial charge in [0.1, 0.15) is 10.8 Å². The van der Waals surface area contributed by atoms with E-state index in [1.54, 1.807) is 0 Å². The summed E-state index contributed by atoms with van der Waals surface area (Å²) < 4.78 is 39.3. The minimum absolute atomic E-state index is 0.196. The molecule has 0 aliphatic rings. The van der Waals surface area contributed by atoms with Gasteiger partial charge in [0.25, 0.3) is 0 Å². The fraction of sp³-hybridized carbons (Fsp3) is 0.250. The molecule has 2 nitrogen and oxygen atoms in total. The molecule has 0 saturated heterocycles. The number of nitrogens with zero attached hydrogens (tertiary/aromatic N) is 1. The van der Waals surface area contributed by atoms with E-state index in [1.807, 2.05) is 13.8 Å². The quantitative estimate of drug-likeness (QED) is 0.860. The average Bonchev–Trinajstić information content (AvgIpc) is 2.61. The second-order valence-electron chi connectivity index (χ2n) is 3.85. The molecule has 2 aromatic rings. The molecule has 0 bridgehead atoms. The van der Waals surface area contributed by atoms with Gasteiger partial charge >= 0.3 is 0 Å². The number of nitrogens with one attached hydrogen (secondary N) is 1. The SMILES string of the molecule is Cc1nc(CNc2cc(F)cc(F)c2F)sc1C. The van der Waals surface area contributed by atoms with Gasteiger partial charge in [0, 0.05) is 17.0 Å². The molecule has 1 aromatic carbocycles. The monoisotopic (exact) mass is 272 g/mol. The third kappa shape index (κ3) is 2.64. The topological polar surface area (TPSA) is 24.9 Å². The first kappa shape index (κ1) is 12.9. The van der Waals surface area contributed by atoms with Gasteiger partial charge in [0.05, 0.1) is 17.9 Å². The normalized spacial score (nSPS) is 10.7. The Kier molecular flexibility index (Phi) is 3.56. The Morgan fingerprint density at radius 2 is 1.94 bits per heavy atom. The van der Waals surface area contributed by atoms with E-state index in [-0.39, 0.29) is 12.2 Å². The van der Waals surface area contributed by atoms with Gasteiger partial charge in [0.15, 0.2) is 11.6 Å². The number of benzene rings is 1. The molecule has 0 atom stereocenters. The van der Waals surface area contributed by atoms with Crippen molar-refractivity contribution in [1.82, 2.24) is 4.98 Å². The number of anilines is 1. The van der Waals surface area contributed by atoms with E-state index in [9.17, 15) is 13.2 Å². The van der Waals surface area contributed by atoms with E-state index in [0.29, 0.717) is 6.07 Å². The summed E-state index contributed by atoms with van der Waals surface area (Å²) in [5.74, 6) is -3.10. The lowest BCUT2D eigenvalue weighted by atomic mass is 10.3. The molecule has 96 valence electrons. The molecule has 0 radical (unpaired) electrons. The zero-order chi connectivity index (χ0) is 13.3. The molecule has 1 aromatic heterocycles. The number of aromatic nitrogens is 1. The van der Waals surface area contributed by atoms with E-state index in [4.69, 9.17) is 0 Å². The Morgan fingerprint density at radius 3 is 2.56 bits per heavy atom. The van der Waals surface area contributed by atoms with Crippen molar-refractivity contribution in [2.24, 2.45) is 0 Å². The van der Waals surface area contributed by atoms with Crippen LogP contribution in [0.15, 0.2) is 12.1 Å². The van der Waals surface area contributed by atoms with Gasteiger partial charge in [0.2, 0.25) is 0 Å². The molecule has 0 saturated carbocycles. The molecule has 0 aliphatic heterocycles. The number of thiazole rings is 1. The van der Waals surface area contributed by atoms with Gasteiger partial charge in [-0.15, -0.1) is 11.3 Å². The van der Waals surface area contributed by atoms with Crippen LogP contribution in [0, 0.1) is 31.3 Å². The van der Waals surface area contributed by atoms with Crippen molar-refractivity contribution in [2.75, 3.05) is 5.32 Å². The van der Waals surface area contributed by atoms with Crippen LogP contribution in [0.1, 0.15) is 15.6 Å². The largest absolute Gasteiger partial charge is 0.376 e. The fourth-order valence-corrected chi connectivity index (χ4v) is 2.34. The van der Waals surface area contributed by atoms with Gasteiger partial charge < -0.3 is 5.32 Å². The number of aryl methyl sites for hydroxylation is 2. The summed E-state index contributed by atoms with van der Waals surface area (Å²) in [6, 6.07) is 1.43. The van der Waals surface area contributed by atoms with E-state index < -0.39 is 17.5 Å². The molecule has 0 spiro atoms. The van der Waals surface area contributed by atoms with E-state index in [0.717, 1.165) is 21.6 Å². The highest BCUT2D eigenvalue weighted by atomic mass is 32.1. The minimum Gasteiger partial charge on any atom is -0.376 e. The van der Waals surface area contributed by atoms with E-state index in [2.05, 4.69) is 10.3 Å². The van der Waals surface area contributed by atoms with E-state index >= 15 is 0 Å². The van der Waals surface area contributed by atoms with Gasteiger partial charge in [-0.05, 0) is 13.8 Å². The third-order valence-electron chi connectivity index (χ3n) is 2.50. The molecule has 0 amide bonds. The van der Waals surface area contributed by atoms with Gasteiger partial charge in [-0.3, -0.25) is 0 Å². The zero-order valence-electron chi connectivity index (χ0n) is 9.85. The molecule has 0 fully saturated rings. The van der Waals surface area contributed by atoms with Crippen LogP contribution >= 0.6 is 11.3 Å². The van der Waals surface area contributed by atoms with Crippen molar-refractivity contribution < 1.29 is 13.2 Å². The molecule has 1 heterocycles. The zero-order valence-corrected chi connectivity index (χ0v) is 10.7. The second kappa shape index (κ2) is 4.97. The van der Waals surface area contributed by atoms with Crippen molar-refractivity contribution in [3.05, 3.63) is 45.2 Å². The lowest BCUT2D eigenvalue weighted by Gasteiger charge is -2.06. The molecule has 1 N–H and O–H groups in total. The molecule has 2 rings (SSSR count).